The van der Waals surface area contributed by atoms with Crippen LogP contribution in [0.2, 0.25) is 0 Å². The average Bonchev–Trinajstić information content (AvgIpc) is 2.33. The highest BCUT2D eigenvalue weighted by Gasteiger charge is 2.07. The number of aryl methyl sites for hydroxylation is 1. The Hall–Kier alpha value is -1.67. The number of hydrogen-bond acceptors (Lipinski definition) is 3. The molecule has 5 heteroatoms. The van der Waals surface area contributed by atoms with Gasteiger partial charge in [0.05, 0.1) is 28.0 Å². The quantitative estimate of drug-likeness (QED) is 0.746. The van der Waals surface area contributed by atoms with E-state index in [9.17, 15) is 4.79 Å². The Bertz CT molecular complexity index is 655. The second-order valence-corrected chi connectivity index (χ2v) is 3.93. The molecule has 1 aromatic carbocycles. The summed E-state index contributed by atoms with van der Waals surface area (Å²) in [5.74, 6) is 0. The van der Waals surface area contributed by atoms with E-state index in [1.165, 1.54) is 0 Å². The molecular weight excluding hydrogens is 270 g/mol. The Balaban J connectivity index is 2.88. The second-order valence-electron chi connectivity index (χ2n) is 3.37. The number of aromatic nitrogens is 2. The molecule has 1 heterocycles. The Morgan fingerprint density at radius 2 is 2.31 bits per heavy atom. The predicted molar refractivity (Wildman–Crippen MR) is 64.3 cm³/mol. The zero-order valence-corrected chi connectivity index (χ0v) is 10.2. The van der Waals surface area contributed by atoms with Gasteiger partial charge in [0.2, 0.25) is 0 Å². The van der Waals surface area contributed by atoms with E-state index in [-0.39, 0.29) is 5.56 Å². The fraction of sp³-hybridized carbons (Fsp3) is 0.182. The van der Waals surface area contributed by atoms with E-state index in [4.69, 9.17) is 5.26 Å². The minimum atomic E-state index is -0.117. The zero-order chi connectivity index (χ0) is 11.7. The monoisotopic (exact) mass is 277 g/mol. The molecule has 0 bridgehead atoms. The summed E-state index contributed by atoms with van der Waals surface area (Å²) in [7, 11) is 1.70. The highest BCUT2D eigenvalue weighted by molar-refractivity contribution is 9.08. The molecule has 0 fully saturated rings. The summed E-state index contributed by atoms with van der Waals surface area (Å²) in [5, 5.41) is 9.20. The summed E-state index contributed by atoms with van der Waals surface area (Å²) >= 11 is 3.22. The van der Waals surface area contributed by atoms with E-state index >= 15 is 0 Å². The van der Waals surface area contributed by atoms with E-state index in [1.54, 1.807) is 29.8 Å². The summed E-state index contributed by atoms with van der Waals surface area (Å²) < 4.78 is 1.54. The molecule has 0 aliphatic rings. The molecule has 0 amide bonds. The van der Waals surface area contributed by atoms with Crippen LogP contribution >= 0.6 is 15.9 Å². The van der Waals surface area contributed by atoms with Gasteiger partial charge in [-0.1, -0.05) is 15.9 Å². The summed E-state index contributed by atoms with van der Waals surface area (Å²) in [4.78, 5) is 16.0. The SMILES string of the molecule is Cn1c(=O)c(CBr)nc2cc(C#N)ccc21. The third kappa shape index (κ3) is 1.61. The number of nitriles is 1. The van der Waals surface area contributed by atoms with Gasteiger partial charge in [0.1, 0.15) is 5.69 Å². The van der Waals surface area contributed by atoms with Crippen molar-refractivity contribution in [3.05, 3.63) is 39.8 Å². The molecule has 80 valence electrons. The van der Waals surface area contributed by atoms with Crippen LogP contribution < -0.4 is 5.56 Å². The van der Waals surface area contributed by atoms with E-state index < -0.39 is 0 Å². The van der Waals surface area contributed by atoms with Gasteiger partial charge in [-0.05, 0) is 18.2 Å². The molecule has 0 saturated carbocycles. The van der Waals surface area contributed by atoms with Gasteiger partial charge < -0.3 is 4.57 Å². The summed E-state index contributed by atoms with van der Waals surface area (Å²) in [6, 6.07) is 7.15. The molecule has 2 aromatic rings. The summed E-state index contributed by atoms with van der Waals surface area (Å²) in [6.07, 6.45) is 0. The van der Waals surface area contributed by atoms with Gasteiger partial charge in [-0.25, -0.2) is 4.98 Å². The molecule has 0 radical (unpaired) electrons. The van der Waals surface area contributed by atoms with E-state index in [1.807, 2.05) is 0 Å². The van der Waals surface area contributed by atoms with Crippen LogP contribution in [0, 0.1) is 11.3 Å². The molecule has 0 aliphatic heterocycles. The van der Waals surface area contributed by atoms with Crippen LogP contribution in [0.1, 0.15) is 11.3 Å². The molecule has 0 unspecified atom stereocenters. The number of alkyl halides is 1. The Morgan fingerprint density at radius 1 is 1.56 bits per heavy atom. The van der Waals surface area contributed by atoms with Gasteiger partial charge in [-0.2, -0.15) is 5.26 Å². The minimum Gasteiger partial charge on any atom is -0.308 e. The van der Waals surface area contributed by atoms with E-state index in [0.717, 1.165) is 5.52 Å². The third-order valence-corrected chi connectivity index (χ3v) is 2.93. The molecule has 0 aliphatic carbocycles. The lowest BCUT2D eigenvalue weighted by molar-refractivity contribution is 0.869. The minimum absolute atomic E-state index is 0.117. The number of fused-ring (bicyclic) bond motifs is 1. The molecule has 16 heavy (non-hydrogen) atoms. The van der Waals surface area contributed by atoms with Gasteiger partial charge in [0, 0.05) is 7.05 Å². The molecule has 0 spiro atoms. The summed E-state index contributed by atoms with van der Waals surface area (Å²) in [6.45, 7) is 0. The number of hydrogen-bond donors (Lipinski definition) is 0. The molecule has 1 aromatic heterocycles. The standard InChI is InChI=1S/C11H8BrN3O/c1-15-10-3-2-7(6-13)4-8(10)14-9(5-12)11(15)16/h2-4H,5H2,1H3. The maximum atomic E-state index is 11.8. The number of rotatable bonds is 1. The van der Waals surface area contributed by atoms with Crippen LogP contribution in [0.4, 0.5) is 0 Å². The number of halogens is 1. The van der Waals surface area contributed by atoms with Crippen molar-refractivity contribution in [3.8, 4) is 6.07 Å². The van der Waals surface area contributed by atoms with Crippen LogP contribution in [0.5, 0.6) is 0 Å². The summed E-state index contributed by atoms with van der Waals surface area (Å²) in [5.41, 5.74) is 2.27. The van der Waals surface area contributed by atoms with Crippen molar-refractivity contribution < 1.29 is 0 Å². The average molecular weight is 278 g/mol. The largest absolute Gasteiger partial charge is 0.308 e. The van der Waals surface area contributed by atoms with Gasteiger partial charge >= 0.3 is 0 Å². The third-order valence-electron chi connectivity index (χ3n) is 2.40. The topological polar surface area (TPSA) is 58.7 Å². The maximum absolute atomic E-state index is 11.8. The van der Waals surface area contributed by atoms with Crippen molar-refractivity contribution in [2.24, 2.45) is 7.05 Å². The number of benzene rings is 1. The first-order chi connectivity index (χ1) is 7.67. The molecule has 0 saturated heterocycles. The Labute approximate surface area is 100 Å². The van der Waals surface area contributed by atoms with Gasteiger partial charge in [0.15, 0.2) is 0 Å². The predicted octanol–water partition coefficient (Wildman–Crippen LogP) is 1.70. The van der Waals surface area contributed by atoms with Crippen LogP contribution in [0.15, 0.2) is 23.0 Å². The van der Waals surface area contributed by atoms with Crippen LogP contribution in [-0.2, 0) is 12.4 Å². The maximum Gasteiger partial charge on any atom is 0.273 e. The van der Waals surface area contributed by atoms with Gasteiger partial charge in [-0.15, -0.1) is 0 Å². The smallest absolute Gasteiger partial charge is 0.273 e. The molecule has 2 rings (SSSR count). The van der Waals surface area contributed by atoms with E-state index in [2.05, 4.69) is 27.0 Å². The highest BCUT2D eigenvalue weighted by atomic mass is 79.9. The lowest BCUT2D eigenvalue weighted by Crippen LogP contribution is -2.22. The van der Waals surface area contributed by atoms with Gasteiger partial charge in [0.25, 0.3) is 5.56 Å². The van der Waals surface area contributed by atoms with Crippen LogP contribution in [0.3, 0.4) is 0 Å². The molecular formula is C11H8BrN3O. The Kier molecular flexibility index (Phi) is 2.75. The van der Waals surface area contributed by atoms with Crippen molar-refractivity contribution in [3.63, 3.8) is 0 Å². The lowest BCUT2D eigenvalue weighted by Gasteiger charge is -2.06. The fourth-order valence-electron chi connectivity index (χ4n) is 1.55. The van der Waals surface area contributed by atoms with Crippen LogP contribution in [-0.4, -0.2) is 9.55 Å². The molecule has 4 nitrogen and oxygen atoms in total. The molecule has 0 atom stereocenters. The lowest BCUT2D eigenvalue weighted by atomic mass is 10.2. The highest BCUT2D eigenvalue weighted by Crippen LogP contribution is 2.12. The first-order valence-electron chi connectivity index (χ1n) is 4.63. The zero-order valence-electron chi connectivity index (χ0n) is 8.57. The second kappa shape index (κ2) is 4.06. The van der Waals surface area contributed by atoms with Crippen LogP contribution in [0.25, 0.3) is 11.0 Å². The first kappa shape index (κ1) is 10.8. The first-order valence-corrected chi connectivity index (χ1v) is 5.75. The van der Waals surface area contributed by atoms with Gasteiger partial charge in [-0.3, -0.25) is 4.79 Å². The molecule has 0 N–H and O–H groups in total. The normalized spacial score (nSPS) is 10.3. The van der Waals surface area contributed by atoms with Crippen molar-refractivity contribution in [1.29, 1.82) is 5.26 Å². The van der Waals surface area contributed by atoms with Crippen molar-refractivity contribution in [1.82, 2.24) is 9.55 Å². The Morgan fingerprint density at radius 3 is 2.94 bits per heavy atom. The van der Waals surface area contributed by atoms with Crippen molar-refractivity contribution in [2.45, 2.75) is 5.33 Å². The van der Waals surface area contributed by atoms with Crippen molar-refractivity contribution >= 4 is 27.0 Å². The van der Waals surface area contributed by atoms with E-state index in [0.29, 0.717) is 22.1 Å². The van der Waals surface area contributed by atoms with Crippen molar-refractivity contribution in [2.75, 3.05) is 0 Å². The number of nitrogens with zero attached hydrogens (tertiary/aromatic N) is 3. The fourth-order valence-corrected chi connectivity index (χ4v) is 1.91.